The molecule has 2 aromatic rings. The molecule has 2 aromatic heterocycles. The molecule has 21 heavy (non-hydrogen) atoms. The number of aromatic carboxylic acids is 1. The molecule has 0 aromatic carbocycles. The van der Waals surface area contributed by atoms with Crippen LogP contribution in [0.15, 0.2) is 27.7 Å². The van der Waals surface area contributed by atoms with E-state index < -0.39 is 29.7 Å². The minimum atomic E-state index is -4.51. The van der Waals surface area contributed by atoms with Crippen molar-refractivity contribution in [2.75, 3.05) is 12.0 Å². The molecule has 10 heteroatoms. The van der Waals surface area contributed by atoms with Gasteiger partial charge in [0.1, 0.15) is 12.1 Å². The van der Waals surface area contributed by atoms with E-state index in [9.17, 15) is 22.8 Å². The number of fused-ring (bicyclic) bond motifs is 1. The van der Waals surface area contributed by atoms with Crippen LogP contribution in [0.2, 0.25) is 0 Å². The van der Waals surface area contributed by atoms with Gasteiger partial charge in [-0.05, 0) is 22.0 Å². The van der Waals surface area contributed by atoms with E-state index in [1.54, 1.807) is 0 Å². The third-order valence-electron chi connectivity index (χ3n) is 2.49. The van der Waals surface area contributed by atoms with Crippen LogP contribution in [-0.4, -0.2) is 33.5 Å². The van der Waals surface area contributed by atoms with Crippen LogP contribution in [0.3, 0.4) is 0 Å². The molecular formula is C11H7BrF3N3O3. The van der Waals surface area contributed by atoms with Crippen molar-refractivity contribution < 1.29 is 23.1 Å². The van der Waals surface area contributed by atoms with E-state index in [1.165, 1.54) is 12.3 Å². The first-order valence-electron chi connectivity index (χ1n) is 5.44. The van der Waals surface area contributed by atoms with Crippen LogP contribution in [0.4, 0.5) is 13.2 Å². The van der Waals surface area contributed by atoms with E-state index in [0.717, 1.165) is 10.9 Å². The molecule has 0 aliphatic carbocycles. The van der Waals surface area contributed by atoms with Gasteiger partial charge in [-0.3, -0.25) is 4.79 Å². The summed E-state index contributed by atoms with van der Waals surface area (Å²) in [6, 6.07) is 1.29. The zero-order valence-corrected chi connectivity index (χ0v) is 11.7. The minimum Gasteiger partial charge on any atom is -0.477 e. The number of carboxylic acids is 1. The number of carboxylic acid groups (broad SMARTS) is 1. The Morgan fingerprint density at radius 3 is 2.71 bits per heavy atom. The average molecular weight is 366 g/mol. The van der Waals surface area contributed by atoms with Gasteiger partial charge in [0.2, 0.25) is 5.43 Å². The molecule has 0 saturated heterocycles. The van der Waals surface area contributed by atoms with Gasteiger partial charge >= 0.3 is 12.1 Å². The Labute approximate surface area is 123 Å². The Morgan fingerprint density at radius 2 is 2.14 bits per heavy atom. The molecule has 0 unspecified atom stereocenters. The van der Waals surface area contributed by atoms with E-state index in [1.807, 2.05) is 5.43 Å². The summed E-state index contributed by atoms with van der Waals surface area (Å²) >= 11 is 3.06. The molecule has 0 spiro atoms. The summed E-state index contributed by atoms with van der Waals surface area (Å²) in [4.78, 5) is 26.8. The molecule has 6 nitrogen and oxygen atoms in total. The molecular weight excluding hydrogens is 359 g/mol. The van der Waals surface area contributed by atoms with Crippen LogP contribution in [0.1, 0.15) is 10.4 Å². The van der Waals surface area contributed by atoms with E-state index in [4.69, 9.17) is 5.11 Å². The van der Waals surface area contributed by atoms with Crippen molar-refractivity contribution in [2.45, 2.75) is 6.18 Å². The summed E-state index contributed by atoms with van der Waals surface area (Å²) in [6.45, 7) is -1.40. The molecule has 2 rings (SSSR count). The lowest BCUT2D eigenvalue weighted by Gasteiger charge is -2.15. The zero-order valence-electron chi connectivity index (χ0n) is 10.1. The predicted molar refractivity (Wildman–Crippen MR) is 70.9 cm³/mol. The maximum atomic E-state index is 12.3. The van der Waals surface area contributed by atoms with Crippen molar-refractivity contribution in [2.24, 2.45) is 0 Å². The maximum Gasteiger partial charge on any atom is 0.407 e. The van der Waals surface area contributed by atoms with Crippen LogP contribution in [0.5, 0.6) is 0 Å². The Hall–Kier alpha value is -2.10. The van der Waals surface area contributed by atoms with Gasteiger partial charge in [0.05, 0.1) is 5.39 Å². The standard InChI is InChI=1S/C11H7BrF3N3O3/c12-5-1-6-8(19)7(10(20)21)3-18(9(6)16-2-5)17-4-11(13,14)15/h1-3,17H,4H2,(H,20,21). The number of halogens is 4. The van der Waals surface area contributed by atoms with Gasteiger partial charge in [0, 0.05) is 16.9 Å². The van der Waals surface area contributed by atoms with Crippen molar-refractivity contribution in [1.29, 1.82) is 0 Å². The van der Waals surface area contributed by atoms with E-state index in [2.05, 4.69) is 20.9 Å². The number of rotatable bonds is 3. The summed E-state index contributed by atoms with van der Waals surface area (Å²) in [6.07, 6.45) is -2.44. The van der Waals surface area contributed by atoms with Crippen LogP contribution < -0.4 is 10.9 Å². The second-order valence-corrected chi connectivity index (χ2v) is 4.94. The Balaban J connectivity index is 2.66. The summed E-state index contributed by atoms with van der Waals surface area (Å²) in [5, 5.41) is 8.84. The fourth-order valence-corrected chi connectivity index (χ4v) is 1.96. The van der Waals surface area contributed by atoms with Crippen LogP contribution in [0, 0.1) is 0 Å². The first kappa shape index (κ1) is 15.3. The first-order valence-corrected chi connectivity index (χ1v) is 6.23. The predicted octanol–water partition coefficient (Wildman–Crippen LogP) is 1.96. The quantitative estimate of drug-likeness (QED) is 0.868. The molecule has 0 atom stereocenters. The van der Waals surface area contributed by atoms with E-state index >= 15 is 0 Å². The monoisotopic (exact) mass is 365 g/mol. The number of pyridine rings is 2. The highest BCUT2D eigenvalue weighted by atomic mass is 79.9. The van der Waals surface area contributed by atoms with Gasteiger partial charge in [-0.15, -0.1) is 0 Å². The van der Waals surface area contributed by atoms with Crippen LogP contribution in [0.25, 0.3) is 11.0 Å². The fraction of sp³-hybridized carbons (Fsp3) is 0.182. The molecule has 0 saturated carbocycles. The van der Waals surface area contributed by atoms with Crippen molar-refractivity contribution in [3.8, 4) is 0 Å². The SMILES string of the molecule is O=C(O)c1cn(NCC(F)(F)F)c2ncc(Br)cc2c1=O. The van der Waals surface area contributed by atoms with Crippen molar-refractivity contribution in [3.63, 3.8) is 0 Å². The highest BCUT2D eigenvalue weighted by Gasteiger charge is 2.27. The average Bonchev–Trinajstić information content (AvgIpc) is 2.37. The lowest BCUT2D eigenvalue weighted by atomic mass is 10.2. The van der Waals surface area contributed by atoms with Crippen molar-refractivity contribution in [3.05, 3.63) is 38.7 Å². The highest BCUT2D eigenvalue weighted by Crippen LogP contribution is 2.17. The van der Waals surface area contributed by atoms with Crippen LogP contribution >= 0.6 is 15.9 Å². The van der Waals surface area contributed by atoms with Crippen LogP contribution in [-0.2, 0) is 0 Å². The lowest BCUT2D eigenvalue weighted by molar-refractivity contribution is -0.116. The topological polar surface area (TPSA) is 84.2 Å². The number of hydrogen-bond donors (Lipinski definition) is 2. The summed E-state index contributed by atoms with van der Waals surface area (Å²) in [5.74, 6) is -1.54. The summed E-state index contributed by atoms with van der Waals surface area (Å²) in [7, 11) is 0. The normalized spacial score (nSPS) is 11.6. The Kier molecular flexibility index (Phi) is 3.90. The zero-order chi connectivity index (χ0) is 15.8. The summed E-state index contributed by atoms with van der Waals surface area (Å²) < 4.78 is 38.0. The fourth-order valence-electron chi connectivity index (χ4n) is 1.63. The molecule has 112 valence electrons. The maximum absolute atomic E-state index is 12.3. The number of alkyl halides is 3. The smallest absolute Gasteiger partial charge is 0.407 e. The lowest BCUT2D eigenvalue weighted by Crippen LogP contribution is -2.30. The molecule has 0 aliphatic heterocycles. The van der Waals surface area contributed by atoms with Gasteiger partial charge in [0.15, 0.2) is 5.65 Å². The molecule has 0 fully saturated rings. The summed E-state index contributed by atoms with van der Waals surface area (Å²) in [5.41, 5.74) is 0.403. The molecule has 0 aliphatic rings. The number of nitrogens with one attached hydrogen (secondary N) is 1. The van der Waals surface area contributed by atoms with Gasteiger partial charge in [-0.25, -0.2) is 14.5 Å². The molecule has 0 bridgehead atoms. The number of carbonyl (C=O) groups is 1. The number of hydrogen-bond acceptors (Lipinski definition) is 4. The van der Waals surface area contributed by atoms with Gasteiger partial charge in [-0.1, -0.05) is 0 Å². The highest BCUT2D eigenvalue weighted by molar-refractivity contribution is 9.10. The van der Waals surface area contributed by atoms with Crippen molar-refractivity contribution >= 4 is 32.9 Å². The molecule has 2 N–H and O–H groups in total. The third kappa shape index (κ3) is 3.32. The van der Waals surface area contributed by atoms with E-state index in [0.29, 0.717) is 4.47 Å². The minimum absolute atomic E-state index is 0.0996. The molecule has 2 heterocycles. The third-order valence-corrected chi connectivity index (χ3v) is 2.92. The largest absolute Gasteiger partial charge is 0.477 e. The number of nitrogens with zero attached hydrogens (tertiary/aromatic N) is 2. The number of aromatic nitrogens is 2. The van der Waals surface area contributed by atoms with Gasteiger partial charge in [0.25, 0.3) is 0 Å². The Morgan fingerprint density at radius 1 is 1.48 bits per heavy atom. The molecule has 0 radical (unpaired) electrons. The first-order chi connectivity index (χ1) is 9.69. The Bertz CT molecular complexity index is 773. The molecule has 0 amide bonds. The van der Waals surface area contributed by atoms with E-state index in [-0.39, 0.29) is 11.0 Å². The van der Waals surface area contributed by atoms with Gasteiger partial charge in [-0.2, -0.15) is 13.2 Å². The second-order valence-electron chi connectivity index (χ2n) is 4.02. The van der Waals surface area contributed by atoms with Crippen molar-refractivity contribution in [1.82, 2.24) is 9.66 Å². The van der Waals surface area contributed by atoms with Gasteiger partial charge < -0.3 is 10.5 Å². The second kappa shape index (κ2) is 5.35.